The predicted molar refractivity (Wildman–Crippen MR) is 92.5 cm³/mol. The summed E-state index contributed by atoms with van der Waals surface area (Å²) in [7, 11) is -2.95. The van der Waals surface area contributed by atoms with Crippen molar-refractivity contribution in [2.24, 2.45) is 0 Å². The van der Waals surface area contributed by atoms with Crippen LogP contribution in [0.4, 0.5) is 5.82 Å². The fourth-order valence-electron chi connectivity index (χ4n) is 2.71. The van der Waals surface area contributed by atoms with Gasteiger partial charge >= 0.3 is 0 Å². The topological polar surface area (TPSA) is 72.0 Å². The Kier molecular flexibility index (Phi) is 4.55. The van der Waals surface area contributed by atoms with Crippen molar-refractivity contribution in [1.29, 1.82) is 0 Å². The third kappa shape index (κ3) is 3.64. The Morgan fingerprint density at radius 1 is 1.26 bits per heavy atom. The Morgan fingerprint density at radius 2 is 2.00 bits per heavy atom. The number of nitrogens with one attached hydrogen (secondary N) is 1. The van der Waals surface area contributed by atoms with Crippen LogP contribution in [0.5, 0.6) is 0 Å². The lowest BCUT2D eigenvalue weighted by Crippen LogP contribution is -2.22. The van der Waals surface area contributed by atoms with Crippen LogP contribution in [0.25, 0.3) is 11.4 Å². The second kappa shape index (κ2) is 6.45. The van der Waals surface area contributed by atoms with Gasteiger partial charge in [-0.2, -0.15) is 0 Å². The molecule has 1 N–H and O–H groups in total. The first-order valence-electron chi connectivity index (χ1n) is 7.57. The van der Waals surface area contributed by atoms with E-state index in [1.807, 2.05) is 37.3 Å². The first kappa shape index (κ1) is 16.2. The second-order valence-electron chi connectivity index (χ2n) is 5.63. The largest absolute Gasteiger partial charge is 0.366 e. The van der Waals surface area contributed by atoms with Crippen LogP contribution in [-0.2, 0) is 16.3 Å². The number of hydrogen-bond acceptors (Lipinski definition) is 5. The van der Waals surface area contributed by atoms with E-state index in [0.717, 1.165) is 11.1 Å². The minimum atomic E-state index is -2.95. The number of anilines is 1. The Hall–Kier alpha value is -1.66. The van der Waals surface area contributed by atoms with Gasteiger partial charge in [0.1, 0.15) is 11.0 Å². The van der Waals surface area contributed by atoms with Crippen LogP contribution in [-0.4, -0.2) is 35.9 Å². The van der Waals surface area contributed by atoms with Gasteiger partial charge in [0, 0.05) is 17.2 Å². The molecule has 122 valence electrons. The third-order valence-electron chi connectivity index (χ3n) is 3.92. The average molecular weight is 352 g/mol. The van der Waals surface area contributed by atoms with E-state index in [4.69, 9.17) is 11.6 Å². The van der Waals surface area contributed by atoms with Gasteiger partial charge in [-0.1, -0.05) is 48.9 Å². The van der Waals surface area contributed by atoms with E-state index < -0.39 is 9.84 Å². The van der Waals surface area contributed by atoms with Crippen LogP contribution in [0.1, 0.15) is 18.9 Å². The molecule has 23 heavy (non-hydrogen) atoms. The van der Waals surface area contributed by atoms with E-state index in [9.17, 15) is 8.42 Å². The fraction of sp³-hybridized carbons (Fsp3) is 0.375. The van der Waals surface area contributed by atoms with Crippen LogP contribution >= 0.6 is 11.6 Å². The Balaban J connectivity index is 1.96. The van der Waals surface area contributed by atoms with Crippen LogP contribution in [0.2, 0.25) is 5.15 Å². The maximum absolute atomic E-state index is 11.6. The molecule has 0 saturated carbocycles. The first-order valence-corrected chi connectivity index (χ1v) is 9.77. The van der Waals surface area contributed by atoms with Gasteiger partial charge in [0.05, 0.1) is 11.5 Å². The van der Waals surface area contributed by atoms with Gasteiger partial charge in [0.2, 0.25) is 0 Å². The summed E-state index contributed by atoms with van der Waals surface area (Å²) in [4.78, 5) is 8.96. The van der Waals surface area contributed by atoms with Gasteiger partial charge in [0.15, 0.2) is 15.7 Å². The van der Waals surface area contributed by atoms with E-state index in [2.05, 4.69) is 15.3 Å². The van der Waals surface area contributed by atoms with E-state index in [1.165, 1.54) is 0 Å². The Bertz CT molecular complexity index is 810. The molecular weight excluding hydrogens is 334 g/mol. The van der Waals surface area contributed by atoms with Crippen LogP contribution in [0, 0.1) is 0 Å². The van der Waals surface area contributed by atoms with Gasteiger partial charge in [-0.25, -0.2) is 18.4 Å². The summed E-state index contributed by atoms with van der Waals surface area (Å²) in [5.74, 6) is 1.53. The van der Waals surface area contributed by atoms with Crippen molar-refractivity contribution in [2.45, 2.75) is 25.8 Å². The lowest BCUT2D eigenvalue weighted by Gasteiger charge is -2.16. The number of rotatable bonds is 4. The number of sulfone groups is 1. The minimum Gasteiger partial charge on any atom is -0.366 e. The number of hydrogen-bond donors (Lipinski definition) is 1. The van der Waals surface area contributed by atoms with Crippen molar-refractivity contribution in [1.82, 2.24) is 9.97 Å². The van der Waals surface area contributed by atoms with Crippen molar-refractivity contribution in [3.63, 3.8) is 0 Å². The number of aromatic nitrogens is 2. The first-order chi connectivity index (χ1) is 11.0. The predicted octanol–water partition coefficient (Wildman–Crippen LogP) is 2.96. The molecule has 2 heterocycles. The monoisotopic (exact) mass is 351 g/mol. The lowest BCUT2D eigenvalue weighted by molar-refractivity contribution is 0.602. The van der Waals surface area contributed by atoms with Gasteiger partial charge in [-0.15, -0.1) is 0 Å². The van der Waals surface area contributed by atoms with Gasteiger partial charge < -0.3 is 5.32 Å². The zero-order valence-electron chi connectivity index (χ0n) is 12.8. The lowest BCUT2D eigenvalue weighted by atomic mass is 10.1. The van der Waals surface area contributed by atoms with Crippen molar-refractivity contribution in [2.75, 3.05) is 16.8 Å². The summed E-state index contributed by atoms with van der Waals surface area (Å²) in [6.07, 6.45) is 1.27. The molecule has 1 atom stereocenters. The highest BCUT2D eigenvalue weighted by molar-refractivity contribution is 7.91. The van der Waals surface area contributed by atoms with E-state index in [-0.39, 0.29) is 17.5 Å². The standard InChI is InChI=1S/C16H18ClN3O2S/c1-2-13-14(17)19-15(11-6-4-3-5-7-11)20-16(13)18-12-8-9-23(21,22)10-12/h3-7,12H,2,8-10H2,1H3,(H,18,19,20). The minimum absolute atomic E-state index is 0.125. The molecular formula is C16H18ClN3O2S. The molecule has 1 aliphatic rings. The highest BCUT2D eigenvalue weighted by atomic mass is 35.5. The molecule has 0 radical (unpaired) electrons. The van der Waals surface area contributed by atoms with Crippen molar-refractivity contribution < 1.29 is 8.42 Å². The molecule has 0 aliphatic carbocycles. The van der Waals surface area contributed by atoms with Gasteiger partial charge in [-0.3, -0.25) is 0 Å². The van der Waals surface area contributed by atoms with Crippen molar-refractivity contribution in [3.05, 3.63) is 41.0 Å². The third-order valence-corrected chi connectivity index (χ3v) is 6.00. The molecule has 2 aromatic rings. The SMILES string of the molecule is CCc1c(Cl)nc(-c2ccccc2)nc1NC1CCS(=O)(=O)C1. The molecule has 1 aliphatic heterocycles. The summed E-state index contributed by atoms with van der Waals surface area (Å²) < 4.78 is 23.3. The molecule has 1 aromatic carbocycles. The van der Waals surface area contributed by atoms with E-state index in [1.54, 1.807) is 0 Å². The maximum Gasteiger partial charge on any atom is 0.163 e. The fourth-order valence-corrected chi connectivity index (χ4v) is 4.68. The number of nitrogens with zero attached hydrogens (tertiary/aromatic N) is 2. The molecule has 1 saturated heterocycles. The Labute approximate surface area is 141 Å². The molecule has 0 spiro atoms. The van der Waals surface area contributed by atoms with Gasteiger partial charge in [0.25, 0.3) is 0 Å². The summed E-state index contributed by atoms with van der Waals surface area (Å²) in [5.41, 5.74) is 1.69. The smallest absolute Gasteiger partial charge is 0.163 e. The molecule has 1 unspecified atom stereocenters. The summed E-state index contributed by atoms with van der Waals surface area (Å²) in [5, 5.41) is 3.66. The normalized spacial score (nSPS) is 19.7. The average Bonchev–Trinajstić information content (AvgIpc) is 2.87. The summed E-state index contributed by atoms with van der Waals surface area (Å²) >= 11 is 6.32. The van der Waals surface area contributed by atoms with Crippen molar-refractivity contribution in [3.8, 4) is 11.4 Å². The van der Waals surface area contributed by atoms with E-state index >= 15 is 0 Å². The zero-order chi connectivity index (χ0) is 16.4. The second-order valence-corrected chi connectivity index (χ2v) is 8.22. The molecule has 0 bridgehead atoms. The molecule has 7 heteroatoms. The van der Waals surface area contributed by atoms with Crippen LogP contribution in [0.3, 0.4) is 0 Å². The quantitative estimate of drug-likeness (QED) is 0.857. The maximum atomic E-state index is 11.6. The molecule has 5 nitrogen and oxygen atoms in total. The number of halogens is 1. The Morgan fingerprint density at radius 3 is 2.61 bits per heavy atom. The molecule has 0 amide bonds. The highest BCUT2D eigenvalue weighted by Crippen LogP contribution is 2.28. The van der Waals surface area contributed by atoms with Crippen molar-refractivity contribution >= 4 is 27.3 Å². The summed E-state index contributed by atoms with van der Waals surface area (Å²) in [6.45, 7) is 1.98. The molecule has 1 aromatic heterocycles. The highest BCUT2D eigenvalue weighted by Gasteiger charge is 2.29. The zero-order valence-corrected chi connectivity index (χ0v) is 14.4. The van der Waals surface area contributed by atoms with Gasteiger partial charge in [-0.05, 0) is 12.8 Å². The van der Waals surface area contributed by atoms with Crippen LogP contribution in [0.15, 0.2) is 30.3 Å². The van der Waals surface area contributed by atoms with E-state index in [0.29, 0.717) is 29.6 Å². The molecule has 3 rings (SSSR count). The molecule has 1 fully saturated rings. The summed E-state index contributed by atoms with van der Waals surface area (Å²) in [6, 6.07) is 9.46. The number of benzene rings is 1. The van der Waals surface area contributed by atoms with Crippen LogP contribution < -0.4 is 5.32 Å².